The number of amides is 2. The Labute approximate surface area is 158 Å². The van der Waals surface area contributed by atoms with Crippen LogP contribution in [0.2, 0.25) is 0 Å². The van der Waals surface area contributed by atoms with Crippen LogP contribution in [0.5, 0.6) is 11.5 Å². The topological polar surface area (TPSA) is 85.9 Å². The van der Waals surface area contributed by atoms with Gasteiger partial charge in [-0.1, -0.05) is 31.2 Å². The van der Waals surface area contributed by atoms with Crippen LogP contribution in [-0.4, -0.2) is 38.7 Å². The van der Waals surface area contributed by atoms with Gasteiger partial charge in [-0.25, -0.2) is 0 Å². The van der Waals surface area contributed by atoms with Crippen molar-refractivity contribution in [3.8, 4) is 11.5 Å². The van der Waals surface area contributed by atoms with E-state index in [1.807, 2.05) is 6.92 Å². The van der Waals surface area contributed by atoms with Crippen LogP contribution in [0.25, 0.3) is 0 Å². The van der Waals surface area contributed by atoms with Crippen LogP contribution < -0.4 is 20.3 Å². The molecule has 0 aliphatic rings. The highest BCUT2D eigenvalue weighted by molar-refractivity contribution is 6.01. The van der Waals surface area contributed by atoms with Crippen LogP contribution in [0.3, 0.4) is 0 Å². The van der Waals surface area contributed by atoms with Crippen molar-refractivity contribution < 1.29 is 23.8 Å². The molecular formula is C20H24N2O5. The van der Waals surface area contributed by atoms with Crippen LogP contribution in [0.4, 0.5) is 0 Å². The predicted octanol–water partition coefficient (Wildman–Crippen LogP) is 2.58. The number of methoxy groups -OCH3 is 1. The number of benzene rings is 2. The molecule has 2 aromatic carbocycles. The Morgan fingerprint density at radius 2 is 1.26 bits per heavy atom. The van der Waals surface area contributed by atoms with Crippen LogP contribution >= 0.6 is 0 Å². The molecule has 144 valence electrons. The van der Waals surface area contributed by atoms with Gasteiger partial charge >= 0.3 is 0 Å². The van der Waals surface area contributed by atoms with Gasteiger partial charge in [0.2, 0.25) is 0 Å². The molecule has 0 aliphatic carbocycles. The lowest BCUT2D eigenvalue weighted by Crippen LogP contribution is -2.41. The molecule has 0 bridgehead atoms. The number of para-hydroxylation sites is 2. The SMILES string of the molecule is CCCOc1ccccc1C(=O)NNC(=O)c1ccccc1OCCOC. The normalized spacial score (nSPS) is 10.1. The predicted molar refractivity (Wildman–Crippen MR) is 101 cm³/mol. The van der Waals surface area contributed by atoms with Crippen molar-refractivity contribution in [3.63, 3.8) is 0 Å². The quantitative estimate of drug-likeness (QED) is 0.522. The molecule has 0 radical (unpaired) electrons. The summed E-state index contributed by atoms with van der Waals surface area (Å²) in [5.41, 5.74) is 5.47. The standard InChI is InChI=1S/C20H24N2O5/c1-3-12-26-17-10-6-4-8-15(17)19(23)21-22-20(24)16-9-5-7-11-18(16)27-14-13-25-2/h4-11H,3,12-14H2,1-2H3,(H,21,23)(H,22,24). The Morgan fingerprint density at radius 3 is 1.74 bits per heavy atom. The third-order valence-corrected chi connectivity index (χ3v) is 3.56. The highest BCUT2D eigenvalue weighted by Crippen LogP contribution is 2.19. The van der Waals surface area contributed by atoms with E-state index in [-0.39, 0.29) is 0 Å². The molecule has 7 nitrogen and oxygen atoms in total. The number of nitrogens with one attached hydrogen (secondary N) is 2. The maximum Gasteiger partial charge on any atom is 0.273 e. The number of carbonyl (C=O) groups is 2. The van der Waals surface area contributed by atoms with Crippen molar-refractivity contribution in [2.75, 3.05) is 26.9 Å². The van der Waals surface area contributed by atoms with Gasteiger partial charge in [0, 0.05) is 7.11 Å². The van der Waals surface area contributed by atoms with Crippen LogP contribution in [0, 0.1) is 0 Å². The van der Waals surface area contributed by atoms with E-state index >= 15 is 0 Å². The second-order valence-corrected chi connectivity index (χ2v) is 5.59. The van der Waals surface area contributed by atoms with Gasteiger partial charge in [0.05, 0.1) is 24.3 Å². The molecule has 0 atom stereocenters. The molecule has 0 aromatic heterocycles. The maximum atomic E-state index is 12.4. The summed E-state index contributed by atoms with van der Waals surface area (Å²) in [6.45, 7) is 3.20. The first-order valence-electron chi connectivity index (χ1n) is 8.70. The molecule has 2 rings (SSSR count). The first-order chi connectivity index (χ1) is 13.2. The van der Waals surface area contributed by atoms with E-state index in [1.165, 1.54) is 0 Å². The van der Waals surface area contributed by atoms with E-state index in [2.05, 4.69) is 10.9 Å². The van der Waals surface area contributed by atoms with Crippen LogP contribution in [-0.2, 0) is 4.74 Å². The van der Waals surface area contributed by atoms with Crippen LogP contribution in [0.15, 0.2) is 48.5 Å². The van der Waals surface area contributed by atoms with Gasteiger partial charge in [0.1, 0.15) is 18.1 Å². The summed E-state index contributed by atoms with van der Waals surface area (Å²) in [5, 5.41) is 0. The lowest BCUT2D eigenvalue weighted by molar-refractivity contribution is 0.0840. The Kier molecular flexibility index (Phi) is 8.12. The molecule has 0 aliphatic heterocycles. The van der Waals surface area contributed by atoms with E-state index in [4.69, 9.17) is 14.2 Å². The molecule has 27 heavy (non-hydrogen) atoms. The fourth-order valence-corrected chi connectivity index (χ4v) is 2.26. The van der Waals surface area contributed by atoms with E-state index in [0.29, 0.717) is 42.4 Å². The molecule has 0 saturated heterocycles. The highest BCUT2D eigenvalue weighted by Gasteiger charge is 2.16. The van der Waals surface area contributed by atoms with Gasteiger partial charge < -0.3 is 14.2 Å². The number of hydrogen-bond donors (Lipinski definition) is 2. The summed E-state index contributed by atoms with van der Waals surface area (Å²) >= 11 is 0. The van der Waals surface area contributed by atoms with Gasteiger partial charge in [-0.3, -0.25) is 20.4 Å². The van der Waals surface area contributed by atoms with E-state index in [1.54, 1.807) is 55.6 Å². The third-order valence-electron chi connectivity index (χ3n) is 3.56. The van der Waals surface area contributed by atoms with E-state index in [0.717, 1.165) is 6.42 Å². The lowest BCUT2D eigenvalue weighted by atomic mass is 10.2. The van der Waals surface area contributed by atoms with Gasteiger partial charge in [-0.05, 0) is 30.7 Å². The van der Waals surface area contributed by atoms with Crippen molar-refractivity contribution in [2.24, 2.45) is 0 Å². The minimum atomic E-state index is -0.483. The van der Waals surface area contributed by atoms with E-state index in [9.17, 15) is 9.59 Å². The summed E-state index contributed by atoms with van der Waals surface area (Å²) < 4.78 is 16.0. The number of hydrogen-bond acceptors (Lipinski definition) is 5. The smallest absolute Gasteiger partial charge is 0.273 e. The zero-order chi connectivity index (χ0) is 19.5. The lowest BCUT2D eigenvalue weighted by Gasteiger charge is -2.13. The fourth-order valence-electron chi connectivity index (χ4n) is 2.26. The third kappa shape index (κ3) is 6.00. The van der Waals surface area contributed by atoms with Crippen molar-refractivity contribution in [3.05, 3.63) is 59.7 Å². The van der Waals surface area contributed by atoms with Gasteiger partial charge in [0.15, 0.2) is 0 Å². The molecular weight excluding hydrogens is 348 g/mol. The molecule has 2 amide bonds. The summed E-state index contributed by atoms with van der Waals surface area (Å²) in [6, 6.07) is 13.6. The summed E-state index contributed by atoms with van der Waals surface area (Å²) in [6.07, 6.45) is 0.826. The zero-order valence-electron chi connectivity index (χ0n) is 15.5. The average Bonchev–Trinajstić information content (AvgIpc) is 2.71. The number of carbonyl (C=O) groups excluding carboxylic acids is 2. The molecule has 0 unspecified atom stereocenters. The van der Waals surface area contributed by atoms with Gasteiger partial charge in [-0.2, -0.15) is 0 Å². The molecule has 2 aromatic rings. The highest BCUT2D eigenvalue weighted by atomic mass is 16.5. The maximum absolute atomic E-state index is 12.4. The zero-order valence-corrected chi connectivity index (χ0v) is 15.5. The molecule has 0 saturated carbocycles. The van der Waals surface area contributed by atoms with Crippen molar-refractivity contribution >= 4 is 11.8 Å². The average molecular weight is 372 g/mol. The van der Waals surface area contributed by atoms with Crippen molar-refractivity contribution in [1.29, 1.82) is 0 Å². The largest absolute Gasteiger partial charge is 0.493 e. The monoisotopic (exact) mass is 372 g/mol. The number of hydrazine groups is 1. The number of ether oxygens (including phenoxy) is 3. The Morgan fingerprint density at radius 1 is 0.778 bits per heavy atom. The van der Waals surface area contributed by atoms with E-state index < -0.39 is 11.8 Å². The first-order valence-corrected chi connectivity index (χ1v) is 8.70. The molecule has 0 fully saturated rings. The Bertz CT molecular complexity index is 764. The van der Waals surface area contributed by atoms with Crippen molar-refractivity contribution in [1.82, 2.24) is 10.9 Å². The number of rotatable bonds is 9. The second-order valence-electron chi connectivity index (χ2n) is 5.59. The fraction of sp³-hybridized carbons (Fsp3) is 0.300. The van der Waals surface area contributed by atoms with Crippen LogP contribution in [0.1, 0.15) is 34.1 Å². The Hall–Kier alpha value is -3.06. The summed E-state index contributed by atoms with van der Waals surface area (Å²) in [4.78, 5) is 24.8. The molecule has 0 spiro atoms. The minimum absolute atomic E-state index is 0.310. The summed E-state index contributed by atoms with van der Waals surface area (Å²) in [7, 11) is 1.57. The van der Waals surface area contributed by atoms with Gasteiger partial charge in [0.25, 0.3) is 11.8 Å². The minimum Gasteiger partial charge on any atom is -0.493 e. The Balaban J connectivity index is 2.01. The molecule has 0 heterocycles. The van der Waals surface area contributed by atoms with Crippen molar-refractivity contribution in [2.45, 2.75) is 13.3 Å². The summed E-state index contributed by atoms with van der Waals surface area (Å²) in [5.74, 6) is -0.0708. The first kappa shape index (κ1) is 20.3. The molecule has 2 N–H and O–H groups in total. The second kappa shape index (κ2) is 10.8. The van der Waals surface area contributed by atoms with Gasteiger partial charge in [-0.15, -0.1) is 0 Å². The molecule has 7 heteroatoms.